The van der Waals surface area contributed by atoms with Crippen LogP contribution in [0.1, 0.15) is 206 Å². The Hall–Kier alpha value is -2.63. The van der Waals surface area contributed by atoms with Crippen LogP contribution < -0.4 is 5.32 Å². The van der Waals surface area contributed by atoms with Gasteiger partial charge < -0.3 is 15.2 Å². The molecular weight excluding hydrogens is 634 g/mol. The van der Waals surface area contributed by atoms with Gasteiger partial charge in [0.15, 0.2) is 0 Å². The number of rotatable bonds is 38. The van der Waals surface area contributed by atoms with Gasteiger partial charge in [-0.1, -0.05) is 159 Å². The number of esters is 1. The van der Waals surface area contributed by atoms with E-state index >= 15 is 0 Å². The monoisotopic (exact) mass is 714 g/mol. The van der Waals surface area contributed by atoms with Crippen molar-refractivity contribution in [1.82, 2.24) is 5.32 Å². The lowest BCUT2D eigenvalue weighted by Gasteiger charge is -2.15. The van der Waals surface area contributed by atoms with E-state index in [0.717, 1.165) is 70.6 Å². The molecule has 0 heterocycles. The molecule has 1 atom stereocenters. The standard InChI is InChI=1S/C45H79NO5/c1-3-5-7-9-11-13-14-15-16-17-18-19-20-21-22-23-24-26-28-30-36-40-45(50)51-42(37-33-29-27-25-12-10-8-6-4-2)38-34-31-32-35-39-43(47)46-41-44(48)49/h14-15,17-18,20-21,33,37,42H,3-13,16,19,22-32,34-36,38-41H2,1-2H3,(H,46,47)(H,48,49)/b15-14-,18-17-,21-20-,37-33-. The first-order valence-corrected chi connectivity index (χ1v) is 21.3. The summed E-state index contributed by atoms with van der Waals surface area (Å²) in [4.78, 5) is 35.0. The summed E-state index contributed by atoms with van der Waals surface area (Å²) in [6.07, 6.45) is 51.0. The Bertz CT molecular complexity index is 922. The molecule has 0 saturated heterocycles. The quantitative estimate of drug-likeness (QED) is 0.0377. The minimum atomic E-state index is -1.03. The number of carbonyl (C=O) groups excluding carboxylic acids is 2. The number of amides is 1. The molecule has 1 amide bonds. The van der Waals surface area contributed by atoms with Gasteiger partial charge in [0.05, 0.1) is 0 Å². The van der Waals surface area contributed by atoms with Gasteiger partial charge in [0.25, 0.3) is 0 Å². The molecule has 294 valence electrons. The molecule has 0 aromatic carbocycles. The van der Waals surface area contributed by atoms with E-state index in [2.05, 4.69) is 67.8 Å². The number of carboxylic acids is 1. The van der Waals surface area contributed by atoms with E-state index in [1.165, 1.54) is 109 Å². The smallest absolute Gasteiger partial charge is 0.322 e. The van der Waals surface area contributed by atoms with Crippen molar-refractivity contribution < 1.29 is 24.2 Å². The largest absolute Gasteiger partial charge is 0.480 e. The highest BCUT2D eigenvalue weighted by molar-refractivity contribution is 5.80. The van der Waals surface area contributed by atoms with Crippen LogP contribution in [0.15, 0.2) is 48.6 Å². The fourth-order valence-electron chi connectivity index (χ4n) is 6.02. The minimum absolute atomic E-state index is 0.0938. The van der Waals surface area contributed by atoms with E-state index in [9.17, 15) is 14.4 Å². The van der Waals surface area contributed by atoms with Gasteiger partial charge in [-0.3, -0.25) is 14.4 Å². The number of allylic oxidation sites excluding steroid dienone is 7. The van der Waals surface area contributed by atoms with Crippen LogP contribution in [0.5, 0.6) is 0 Å². The molecule has 0 fully saturated rings. The Kier molecular flexibility index (Phi) is 38.1. The van der Waals surface area contributed by atoms with Crippen molar-refractivity contribution in [2.24, 2.45) is 0 Å². The predicted octanol–water partition coefficient (Wildman–Crippen LogP) is 13.1. The molecular formula is C45H79NO5. The van der Waals surface area contributed by atoms with Crippen LogP contribution in [-0.2, 0) is 19.1 Å². The molecule has 1 unspecified atom stereocenters. The van der Waals surface area contributed by atoms with Crippen LogP contribution >= 0.6 is 0 Å². The van der Waals surface area contributed by atoms with E-state index in [-0.39, 0.29) is 24.5 Å². The van der Waals surface area contributed by atoms with Crippen LogP contribution in [0.2, 0.25) is 0 Å². The number of hydrogen-bond donors (Lipinski definition) is 2. The number of ether oxygens (including phenoxy) is 1. The lowest BCUT2D eigenvalue weighted by Crippen LogP contribution is -2.28. The molecule has 0 aliphatic carbocycles. The fraction of sp³-hybridized carbons (Fsp3) is 0.756. The Morgan fingerprint density at radius 3 is 1.49 bits per heavy atom. The minimum Gasteiger partial charge on any atom is -0.480 e. The molecule has 0 saturated carbocycles. The molecule has 2 N–H and O–H groups in total. The number of nitrogens with one attached hydrogen (secondary N) is 1. The van der Waals surface area contributed by atoms with Crippen molar-refractivity contribution in [3.05, 3.63) is 48.6 Å². The Morgan fingerprint density at radius 2 is 0.961 bits per heavy atom. The number of carbonyl (C=O) groups is 3. The second-order valence-corrected chi connectivity index (χ2v) is 14.2. The molecule has 0 aromatic heterocycles. The molecule has 0 radical (unpaired) electrons. The number of aliphatic carboxylic acids is 1. The average Bonchev–Trinajstić information content (AvgIpc) is 3.11. The zero-order chi connectivity index (χ0) is 37.3. The van der Waals surface area contributed by atoms with Gasteiger partial charge in [-0.25, -0.2) is 0 Å². The second kappa shape index (κ2) is 40.1. The third-order valence-corrected chi connectivity index (χ3v) is 9.21. The van der Waals surface area contributed by atoms with E-state index in [1.54, 1.807) is 0 Å². The SMILES string of the molecule is CCCCCCC/C=C\C/C=C\C/C=C\CCCCCCCCC(=O)OC(/C=C\CCCCCCCCC)CCCCCCC(=O)NCC(=O)O. The molecule has 51 heavy (non-hydrogen) atoms. The van der Waals surface area contributed by atoms with Crippen molar-refractivity contribution in [3.8, 4) is 0 Å². The summed E-state index contributed by atoms with van der Waals surface area (Å²) in [6.45, 7) is 4.18. The fourth-order valence-corrected chi connectivity index (χ4v) is 6.02. The Morgan fingerprint density at radius 1 is 0.529 bits per heavy atom. The number of hydrogen-bond acceptors (Lipinski definition) is 4. The van der Waals surface area contributed by atoms with Crippen molar-refractivity contribution >= 4 is 17.8 Å². The summed E-state index contributed by atoms with van der Waals surface area (Å²) in [5.41, 5.74) is 0. The zero-order valence-electron chi connectivity index (χ0n) is 33.2. The van der Waals surface area contributed by atoms with Crippen molar-refractivity contribution in [2.75, 3.05) is 6.54 Å². The van der Waals surface area contributed by atoms with Gasteiger partial charge in [-0.2, -0.15) is 0 Å². The zero-order valence-corrected chi connectivity index (χ0v) is 33.2. The Balaban J connectivity index is 4.11. The van der Waals surface area contributed by atoms with E-state index < -0.39 is 5.97 Å². The lowest BCUT2D eigenvalue weighted by molar-refractivity contribution is -0.147. The maximum absolute atomic E-state index is 12.7. The van der Waals surface area contributed by atoms with E-state index in [1.807, 2.05) is 0 Å². The summed E-state index contributed by atoms with van der Waals surface area (Å²) in [7, 11) is 0. The van der Waals surface area contributed by atoms with E-state index in [4.69, 9.17) is 9.84 Å². The van der Waals surface area contributed by atoms with Gasteiger partial charge in [-0.05, 0) is 83.1 Å². The van der Waals surface area contributed by atoms with Crippen LogP contribution in [0, 0.1) is 0 Å². The first kappa shape index (κ1) is 48.4. The summed E-state index contributed by atoms with van der Waals surface area (Å²) in [5, 5.41) is 11.1. The third kappa shape index (κ3) is 40.0. The summed E-state index contributed by atoms with van der Waals surface area (Å²) in [6, 6.07) is 0. The number of unbranched alkanes of at least 4 members (excludes halogenated alkanes) is 21. The van der Waals surface area contributed by atoms with Gasteiger partial charge in [0, 0.05) is 12.8 Å². The lowest BCUT2D eigenvalue weighted by atomic mass is 10.1. The molecule has 0 spiro atoms. The van der Waals surface area contributed by atoms with Crippen molar-refractivity contribution in [1.29, 1.82) is 0 Å². The molecule has 0 bridgehead atoms. The number of carboxylic acid groups (broad SMARTS) is 1. The highest BCUT2D eigenvalue weighted by Crippen LogP contribution is 2.15. The molecule has 0 rings (SSSR count). The van der Waals surface area contributed by atoms with Gasteiger partial charge in [0.1, 0.15) is 12.6 Å². The van der Waals surface area contributed by atoms with Gasteiger partial charge in [-0.15, -0.1) is 0 Å². The van der Waals surface area contributed by atoms with E-state index in [0.29, 0.717) is 12.8 Å². The molecule has 6 nitrogen and oxygen atoms in total. The van der Waals surface area contributed by atoms with Crippen molar-refractivity contribution in [3.63, 3.8) is 0 Å². The first-order valence-electron chi connectivity index (χ1n) is 21.3. The highest BCUT2D eigenvalue weighted by Gasteiger charge is 2.12. The van der Waals surface area contributed by atoms with Gasteiger partial charge >= 0.3 is 11.9 Å². The van der Waals surface area contributed by atoms with Crippen LogP contribution in [0.4, 0.5) is 0 Å². The van der Waals surface area contributed by atoms with Crippen LogP contribution in [0.3, 0.4) is 0 Å². The summed E-state index contributed by atoms with van der Waals surface area (Å²) >= 11 is 0. The maximum Gasteiger partial charge on any atom is 0.322 e. The summed E-state index contributed by atoms with van der Waals surface area (Å²) in [5.74, 6) is -1.34. The normalized spacial score (nSPS) is 12.5. The third-order valence-electron chi connectivity index (χ3n) is 9.21. The summed E-state index contributed by atoms with van der Waals surface area (Å²) < 4.78 is 5.90. The molecule has 0 aliphatic rings. The molecule has 0 aromatic rings. The highest BCUT2D eigenvalue weighted by atomic mass is 16.5. The molecule has 6 heteroatoms. The Labute approximate surface area is 314 Å². The van der Waals surface area contributed by atoms with Crippen LogP contribution in [-0.4, -0.2) is 35.6 Å². The first-order chi connectivity index (χ1) is 25.0. The van der Waals surface area contributed by atoms with Crippen molar-refractivity contribution in [2.45, 2.75) is 213 Å². The van der Waals surface area contributed by atoms with Crippen LogP contribution in [0.25, 0.3) is 0 Å². The molecule has 0 aliphatic heterocycles. The second-order valence-electron chi connectivity index (χ2n) is 14.2. The van der Waals surface area contributed by atoms with Gasteiger partial charge in [0.2, 0.25) is 5.91 Å². The average molecular weight is 714 g/mol. The predicted molar refractivity (Wildman–Crippen MR) is 217 cm³/mol. The maximum atomic E-state index is 12.7. The topological polar surface area (TPSA) is 92.7 Å².